The fourth-order valence-electron chi connectivity index (χ4n) is 1.97. The van der Waals surface area contributed by atoms with Crippen LogP contribution in [0.25, 0.3) is 0 Å². The normalized spacial score (nSPS) is 15.1. The number of amides is 1. The fourth-order valence-corrected chi connectivity index (χ4v) is 1.97. The Hall–Kier alpha value is -2.56. The van der Waals surface area contributed by atoms with Gasteiger partial charge < -0.3 is 9.64 Å². The van der Waals surface area contributed by atoms with Gasteiger partial charge in [-0.2, -0.15) is 13.2 Å². The lowest BCUT2D eigenvalue weighted by Crippen LogP contribution is -2.39. The van der Waals surface area contributed by atoms with E-state index in [-0.39, 0.29) is 6.09 Å². The van der Waals surface area contributed by atoms with Crippen molar-refractivity contribution in [2.24, 2.45) is 0 Å². The van der Waals surface area contributed by atoms with Crippen LogP contribution in [0.3, 0.4) is 0 Å². The molecule has 134 valence electrons. The van der Waals surface area contributed by atoms with Crippen LogP contribution in [0.5, 0.6) is 0 Å². The molecular formula is C17H18F3N3O2. The van der Waals surface area contributed by atoms with E-state index in [0.29, 0.717) is 25.1 Å². The SMILES string of the molecule is CC(C)(C)OC(=O)N1CC=C(C#Cc2cnc(C(F)(F)F)nc2)CC1. The molecule has 1 amide bonds. The average molecular weight is 353 g/mol. The lowest BCUT2D eigenvalue weighted by atomic mass is 10.1. The maximum Gasteiger partial charge on any atom is 0.451 e. The van der Waals surface area contributed by atoms with Gasteiger partial charge in [0.1, 0.15) is 5.60 Å². The number of carbonyl (C=O) groups excluding carboxylic acids is 1. The number of hydrogen-bond acceptors (Lipinski definition) is 4. The van der Waals surface area contributed by atoms with E-state index in [0.717, 1.165) is 18.0 Å². The highest BCUT2D eigenvalue weighted by Crippen LogP contribution is 2.25. The fraction of sp³-hybridized carbons (Fsp3) is 0.471. The molecule has 1 aliphatic heterocycles. The molecule has 25 heavy (non-hydrogen) atoms. The number of carbonyl (C=O) groups is 1. The monoisotopic (exact) mass is 353 g/mol. The minimum Gasteiger partial charge on any atom is -0.444 e. The van der Waals surface area contributed by atoms with E-state index < -0.39 is 17.6 Å². The summed E-state index contributed by atoms with van der Waals surface area (Å²) >= 11 is 0. The molecule has 0 aliphatic carbocycles. The molecule has 0 fully saturated rings. The summed E-state index contributed by atoms with van der Waals surface area (Å²) in [5.41, 5.74) is 0.548. The van der Waals surface area contributed by atoms with Gasteiger partial charge in [0.15, 0.2) is 0 Å². The Morgan fingerprint density at radius 3 is 2.32 bits per heavy atom. The third-order valence-electron chi connectivity index (χ3n) is 3.13. The van der Waals surface area contributed by atoms with Crippen LogP contribution < -0.4 is 0 Å². The average Bonchev–Trinajstić information content (AvgIpc) is 2.51. The number of ether oxygens (including phenoxy) is 1. The molecule has 0 unspecified atom stereocenters. The second kappa shape index (κ2) is 7.13. The lowest BCUT2D eigenvalue weighted by Gasteiger charge is -2.28. The van der Waals surface area contributed by atoms with Crippen molar-refractivity contribution in [1.82, 2.24) is 14.9 Å². The van der Waals surface area contributed by atoms with Crippen molar-refractivity contribution in [3.63, 3.8) is 0 Å². The predicted octanol–water partition coefficient (Wildman–Crippen LogP) is 3.41. The third kappa shape index (κ3) is 5.78. The zero-order valence-corrected chi connectivity index (χ0v) is 14.1. The lowest BCUT2D eigenvalue weighted by molar-refractivity contribution is -0.145. The van der Waals surface area contributed by atoms with Crippen molar-refractivity contribution in [3.8, 4) is 11.8 Å². The molecule has 0 radical (unpaired) electrons. The molecule has 0 atom stereocenters. The second-order valence-corrected chi connectivity index (χ2v) is 6.45. The van der Waals surface area contributed by atoms with Crippen LogP contribution in [0.2, 0.25) is 0 Å². The maximum atomic E-state index is 12.4. The van der Waals surface area contributed by atoms with E-state index in [2.05, 4.69) is 21.8 Å². The topological polar surface area (TPSA) is 55.3 Å². The highest BCUT2D eigenvalue weighted by atomic mass is 19.4. The number of aromatic nitrogens is 2. The smallest absolute Gasteiger partial charge is 0.444 e. The summed E-state index contributed by atoms with van der Waals surface area (Å²) in [7, 11) is 0. The Morgan fingerprint density at radius 1 is 1.20 bits per heavy atom. The van der Waals surface area contributed by atoms with E-state index in [1.54, 1.807) is 31.7 Å². The maximum absolute atomic E-state index is 12.4. The van der Waals surface area contributed by atoms with Crippen molar-refractivity contribution < 1.29 is 22.7 Å². The highest BCUT2D eigenvalue weighted by molar-refractivity contribution is 5.68. The molecule has 2 rings (SSSR count). The number of nitrogens with zero attached hydrogens (tertiary/aromatic N) is 3. The summed E-state index contributed by atoms with van der Waals surface area (Å²) in [4.78, 5) is 20.0. The van der Waals surface area contributed by atoms with Gasteiger partial charge in [0.05, 0.1) is 5.56 Å². The molecule has 0 aromatic carbocycles. The summed E-state index contributed by atoms with van der Waals surface area (Å²) in [6.07, 6.45) is -0.521. The Balaban J connectivity index is 1.97. The van der Waals surface area contributed by atoms with Crippen molar-refractivity contribution >= 4 is 6.09 Å². The minimum atomic E-state index is -4.57. The van der Waals surface area contributed by atoms with Gasteiger partial charge >= 0.3 is 12.3 Å². The molecule has 0 saturated carbocycles. The van der Waals surface area contributed by atoms with E-state index in [1.807, 2.05) is 0 Å². The molecular weight excluding hydrogens is 335 g/mol. The van der Waals surface area contributed by atoms with Crippen LogP contribution in [0.4, 0.5) is 18.0 Å². The Morgan fingerprint density at radius 2 is 1.84 bits per heavy atom. The molecule has 0 spiro atoms. The van der Waals surface area contributed by atoms with Crippen molar-refractivity contribution in [2.75, 3.05) is 13.1 Å². The molecule has 5 nitrogen and oxygen atoms in total. The van der Waals surface area contributed by atoms with Gasteiger partial charge in [-0.05, 0) is 27.2 Å². The third-order valence-corrected chi connectivity index (χ3v) is 3.13. The molecule has 1 aliphatic rings. The molecule has 2 heterocycles. The first-order chi connectivity index (χ1) is 11.5. The van der Waals surface area contributed by atoms with Gasteiger partial charge in [0.2, 0.25) is 5.82 Å². The molecule has 0 bridgehead atoms. The second-order valence-electron chi connectivity index (χ2n) is 6.45. The molecule has 0 N–H and O–H groups in total. The van der Waals surface area contributed by atoms with Gasteiger partial charge in [-0.25, -0.2) is 14.8 Å². The van der Waals surface area contributed by atoms with Gasteiger partial charge in [-0.15, -0.1) is 0 Å². The minimum absolute atomic E-state index is 0.295. The van der Waals surface area contributed by atoms with Crippen LogP contribution in [0.1, 0.15) is 38.6 Å². The first kappa shape index (κ1) is 18.8. The zero-order valence-electron chi connectivity index (χ0n) is 14.1. The van der Waals surface area contributed by atoms with Crippen molar-refractivity contribution in [1.29, 1.82) is 0 Å². The Kier molecular flexibility index (Phi) is 5.36. The van der Waals surface area contributed by atoms with Crippen LogP contribution in [0.15, 0.2) is 24.0 Å². The standard InChI is InChI=1S/C17H18F3N3O2/c1-16(2,3)25-15(24)23-8-6-12(7-9-23)4-5-13-10-21-14(22-11-13)17(18,19)20/h6,10-11H,7-9H2,1-3H3. The first-order valence-corrected chi connectivity index (χ1v) is 7.63. The number of halogens is 3. The summed E-state index contributed by atoms with van der Waals surface area (Å²) < 4.78 is 42.5. The number of rotatable bonds is 0. The molecule has 1 aromatic heterocycles. The molecule has 1 aromatic rings. The Bertz CT molecular complexity index is 723. The summed E-state index contributed by atoms with van der Waals surface area (Å²) in [5, 5.41) is 0. The zero-order chi connectivity index (χ0) is 18.7. The van der Waals surface area contributed by atoms with Crippen LogP contribution in [-0.4, -0.2) is 39.7 Å². The van der Waals surface area contributed by atoms with E-state index in [4.69, 9.17) is 4.74 Å². The summed E-state index contributed by atoms with van der Waals surface area (Å²) in [5.74, 6) is 4.41. The van der Waals surface area contributed by atoms with Gasteiger partial charge in [0, 0.05) is 31.1 Å². The molecule has 0 saturated heterocycles. The number of hydrogen-bond donors (Lipinski definition) is 0. The van der Waals surface area contributed by atoms with Crippen LogP contribution in [-0.2, 0) is 10.9 Å². The van der Waals surface area contributed by atoms with Gasteiger partial charge in [-0.3, -0.25) is 0 Å². The van der Waals surface area contributed by atoms with E-state index in [9.17, 15) is 18.0 Å². The quantitative estimate of drug-likeness (QED) is 0.671. The predicted molar refractivity (Wildman–Crippen MR) is 84.4 cm³/mol. The number of alkyl halides is 3. The van der Waals surface area contributed by atoms with Crippen molar-refractivity contribution in [2.45, 2.75) is 39.0 Å². The van der Waals surface area contributed by atoms with Gasteiger partial charge in [-0.1, -0.05) is 17.9 Å². The van der Waals surface area contributed by atoms with E-state index >= 15 is 0 Å². The Labute approximate surface area is 143 Å². The highest BCUT2D eigenvalue weighted by Gasteiger charge is 2.34. The van der Waals surface area contributed by atoms with Gasteiger partial charge in [0.25, 0.3) is 0 Å². The van der Waals surface area contributed by atoms with Crippen LogP contribution >= 0.6 is 0 Å². The molecule has 8 heteroatoms. The summed E-state index contributed by atoms with van der Waals surface area (Å²) in [6.45, 7) is 6.25. The largest absolute Gasteiger partial charge is 0.451 e. The van der Waals surface area contributed by atoms with E-state index in [1.165, 1.54) is 0 Å². The first-order valence-electron chi connectivity index (χ1n) is 7.63. The van der Waals surface area contributed by atoms with Crippen molar-refractivity contribution in [3.05, 3.63) is 35.4 Å². The summed E-state index contributed by atoms with van der Waals surface area (Å²) in [6, 6.07) is 0. The van der Waals surface area contributed by atoms with Crippen LogP contribution in [0, 0.1) is 11.8 Å².